The van der Waals surface area contributed by atoms with Crippen molar-refractivity contribution in [2.75, 3.05) is 31.1 Å². The molecule has 2 aromatic rings. The van der Waals surface area contributed by atoms with Crippen LogP contribution >= 0.6 is 0 Å². The summed E-state index contributed by atoms with van der Waals surface area (Å²) in [6.07, 6.45) is 4.76. The second kappa shape index (κ2) is 12.0. The number of rotatable bonds is 11. The minimum absolute atomic E-state index is 0.0989. The zero-order valence-corrected chi connectivity index (χ0v) is 19.6. The van der Waals surface area contributed by atoms with Crippen molar-refractivity contribution in [1.29, 1.82) is 0 Å². The molecule has 1 atom stereocenters. The van der Waals surface area contributed by atoms with Gasteiger partial charge in [0.15, 0.2) is 5.78 Å². The fraction of sp³-hybridized carbons (Fsp3) is 0.464. The average Bonchev–Trinajstić information content (AvgIpc) is 2.81. The van der Waals surface area contributed by atoms with Crippen molar-refractivity contribution in [2.45, 2.75) is 52.0 Å². The number of allylic oxidation sites excluding steroid dienone is 1. The number of para-hydroxylation sites is 1. The van der Waals surface area contributed by atoms with Gasteiger partial charge in [-0.1, -0.05) is 37.3 Å². The summed E-state index contributed by atoms with van der Waals surface area (Å²) in [5, 5.41) is 0. The number of hydrogen-bond donors (Lipinski definition) is 0. The topological polar surface area (TPSA) is 23.6 Å². The summed E-state index contributed by atoms with van der Waals surface area (Å²) in [6, 6.07) is 17.2. The van der Waals surface area contributed by atoms with Crippen LogP contribution in [0.5, 0.6) is 0 Å². The van der Waals surface area contributed by atoms with E-state index >= 15 is 0 Å². The molecular formula is C28H37FN2O. The molecule has 0 bridgehead atoms. The maximum atomic E-state index is 13.0. The van der Waals surface area contributed by atoms with E-state index < -0.39 is 0 Å². The minimum atomic E-state index is -0.303. The van der Waals surface area contributed by atoms with Crippen LogP contribution in [-0.4, -0.2) is 42.9 Å². The molecule has 32 heavy (non-hydrogen) atoms. The average molecular weight is 437 g/mol. The third kappa shape index (κ3) is 7.03. The highest BCUT2D eigenvalue weighted by Crippen LogP contribution is 2.26. The van der Waals surface area contributed by atoms with E-state index in [1.807, 2.05) is 0 Å². The Kier molecular flexibility index (Phi) is 9.04. The number of carbonyl (C=O) groups is 1. The van der Waals surface area contributed by atoms with Gasteiger partial charge in [-0.15, -0.1) is 0 Å². The molecule has 3 nitrogen and oxygen atoms in total. The lowest BCUT2D eigenvalue weighted by molar-refractivity contribution is 0.0972. The fourth-order valence-electron chi connectivity index (χ4n) is 4.42. The standard InChI is InChI=1S/C28H37FN2O/c1-22(2)23(3)15-21-31(26-8-5-4-6-9-26)27-16-19-30(20-17-27)18-7-10-28(32)24-11-13-25(29)14-12-24/h4-6,8-9,11-14,23,27H,1,7,10,15-21H2,2-3H3. The summed E-state index contributed by atoms with van der Waals surface area (Å²) >= 11 is 0. The van der Waals surface area contributed by atoms with Crippen LogP contribution in [0.2, 0.25) is 0 Å². The Hall–Kier alpha value is -2.46. The highest BCUT2D eigenvalue weighted by atomic mass is 19.1. The molecule has 1 unspecified atom stereocenters. The van der Waals surface area contributed by atoms with Gasteiger partial charge in [0, 0.05) is 43.3 Å². The number of carbonyl (C=O) groups excluding carboxylic acids is 1. The molecule has 0 amide bonds. The third-order valence-electron chi connectivity index (χ3n) is 6.77. The normalized spacial score (nSPS) is 16.0. The maximum absolute atomic E-state index is 13.0. The summed E-state index contributed by atoms with van der Waals surface area (Å²) in [5.41, 5.74) is 3.17. The number of nitrogens with zero attached hydrogens (tertiary/aromatic N) is 2. The lowest BCUT2D eigenvalue weighted by Crippen LogP contribution is -2.46. The van der Waals surface area contributed by atoms with Crippen molar-refractivity contribution < 1.29 is 9.18 Å². The molecule has 1 fully saturated rings. The van der Waals surface area contributed by atoms with E-state index in [0.29, 0.717) is 23.9 Å². The molecule has 0 N–H and O–H groups in total. The number of halogens is 1. The SMILES string of the molecule is C=C(C)C(C)CCN(c1ccccc1)C1CCN(CCCC(=O)c2ccc(F)cc2)CC1. The number of benzene rings is 2. The molecule has 1 aliphatic heterocycles. The monoisotopic (exact) mass is 436 g/mol. The van der Waals surface area contributed by atoms with Gasteiger partial charge in [-0.25, -0.2) is 4.39 Å². The van der Waals surface area contributed by atoms with Gasteiger partial charge in [0.2, 0.25) is 0 Å². The van der Waals surface area contributed by atoms with Crippen molar-refractivity contribution in [2.24, 2.45) is 5.92 Å². The number of Topliss-reactive ketones (excluding diaryl/α,β-unsaturated/α-hetero) is 1. The van der Waals surface area contributed by atoms with Gasteiger partial charge >= 0.3 is 0 Å². The number of ketones is 1. The van der Waals surface area contributed by atoms with Gasteiger partial charge in [0.05, 0.1) is 0 Å². The van der Waals surface area contributed by atoms with Crippen molar-refractivity contribution in [3.05, 3.63) is 78.1 Å². The number of piperidine rings is 1. The quantitative estimate of drug-likeness (QED) is 0.302. The van der Waals surface area contributed by atoms with Crippen LogP contribution < -0.4 is 4.90 Å². The molecule has 0 radical (unpaired) electrons. The minimum Gasteiger partial charge on any atom is -0.368 e. The van der Waals surface area contributed by atoms with Crippen LogP contribution in [0.25, 0.3) is 0 Å². The Morgan fingerprint density at radius 1 is 1.12 bits per heavy atom. The molecule has 0 aromatic heterocycles. The van der Waals surface area contributed by atoms with Gasteiger partial charge in [0.25, 0.3) is 0 Å². The molecule has 4 heteroatoms. The van der Waals surface area contributed by atoms with Crippen LogP contribution in [0, 0.1) is 11.7 Å². The van der Waals surface area contributed by atoms with Crippen LogP contribution in [0.3, 0.4) is 0 Å². The van der Waals surface area contributed by atoms with Crippen LogP contribution in [-0.2, 0) is 0 Å². The predicted octanol–water partition coefficient (Wildman–Crippen LogP) is 6.36. The van der Waals surface area contributed by atoms with E-state index in [0.717, 1.165) is 51.9 Å². The first-order valence-corrected chi connectivity index (χ1v) is 11.9. The highest BCUT2D eigenvalue weighted by Gasteiger charge is 2.25. The van der Waals surface area contributed by atoms with Gasteiger partial charge < -0.3 is 9.80 Å². The molecule has 0 spiro atoms. The fourth-order valence-corrected chi connectivity index (χ4v) is 4.42. The lowest BCUT2D eigenvalue weighted by atomic mass is 9.97. The molecule has 2 aromatic carbocycles. The van der Waals surface area contributed by atoms with E-state index in [1.54, 1.807) is 12.1 Å². The van der Waals surface area contributed by atoms with Gasteiger partial charge in [-0.05, 0) is 81.5 Å². The molecule has 1 saturated heterocycles. The van der Waals surface area contributed by atoms with Crippen molar-refractivity contribution in [3.63, 3.8) is 0 Å². The zero-order valence-electron chi connectivity index (χ0n) is 19.6. The summed E-state index contributed by atoms with van der Waals surface area (Å²) in [6.45, 7) is 12.6. The number of hydrogen-bond acceptors (Lipinski definition) is 3. The predicted molar refractivity (Wildman–Crippen MR) is 132 cm³/mol. The van der Waals surface area contributed by atoms with E-state index in [-0.39, 0.29) is 11.6 Å². The smallest absolute Gasteiger partial charge is 0.162 e. The Balaban J connectivity index is 1.48. The van der Waals surface area contributed by atoms with E-state index in [9.17, 15) is 9.18 Å². The van der Waals surface area contributed by atoms with Gasteiger partial charge in [-0.3, -0.25) is 4.79 Å². The van der Waals surface area contributed by atoms with Crippen molar-refractivity contribution >= 4 is 11.5 Å². The summed E-state index contributed by atoms with van der Waals surface area (Å²) in [7, 11) is 0. The van der Waals surface area contributed by atoms with Gasteiger partial charge in [0.1, 0.15) is 5.82 Å². The number of likely N-dealkylation sites (tertiary alicyclic amines) is 1. The molecule has 0 aliphatic carbocycles. The maximum Gasteiger partial charge on any atom is 0.162 e. The van der Waals surface area contributed by atoms with E-state index in [4.69, 9.17) is 0 Å². The highest BCUT2D eigenvalue weighted by molar-refractivity contribution is 5.95. The summed E-state index contributed by atoms with van der Waals surface area (Å²) in [4.78, 5) is 17.4. The van der Waals surface area contributed by atoms with E-state index in [2.05, 4.69) is 60.6 Å². The molecule has 0 saturated carbocycles. The largest absolute Gasteiger partial charge is 0.368 e. The second-order valence-corrected chi connectivity index (χ2v) is 9.17. The summed E-state index contributed by atoms with van der Waals surface area (Å²) < 4.78 is 13.0. The molecule has 3 rings (SSSR count). The van der Waals surface area contributed by atoms with E-state index in [1.165, 1.54) is 23.4 Å². The van der Waals surface area contributed by atoms with Crippen molar-refractivity contribution in [1.82, 2.24) is 4.90 Å². The second-order valence-electron chi connectivity index (χ2n) is 9.17. The van der Waals surface area contributed by atoms with Crippen LogP contribution in [0.15, 0.2) is 66.7 Å². The summed E-state index contributed by atoms with van der Waals surface area (Å²) in [5.74, 6) is 0.324. The first-order valence-electron chi connectivity index (χ1n) is 11.9. The first-order chi connectivity index (χ1) is 15.4. The molecule has 1 aliphatic rings. The lowest BCUT2D eigenvalue weighted by Gasteiger charge is -2.40. The van der Waals surface area contributed by atoms with Crippen LogP contribution in [0.1, 0.15) is 56.3 Å². The first kappa shape index (κ1) is 24.2. The number of anilines is 1. The Morgan fingerprint density at radius 2 is 1.78 bits per heavy atom. The Labute approximate surface area is 192 Å². The molecular weight excluding hydrogens is 399 g/mol. The molecule has 1 heterocycles. The van der Waals surface area contributed by atoms with Crippen LogP contribution in [0.4, 0.5) is 10.1 Å². The molecule has 172 valence electrons. The van der Waals surface area contributed by atoms with Crippen molar-refractivity contribution in [3.8, 4) is 0 Å². The third-order valence-corrected chi connectivity index (χ3v) is 6.77. The van der Waals surface area contributed by atoms with Gasteiger partial charge in [-0.2, -0.15) is 0 Å². The zero-order chi connectivity index (χ0) is 22.9. The Morgan fingerprint density at radius 3 is 2.41 bits per heavy atom. The Bertz CT molecular complexity index is 857.